The Labute approximate surface area is 114 Å². The lowest BCUT2D eigenvalue weighted by Gasteiger charge is -2.07. The number of aromatic amines is 1. The van der Waals surface area contributed by atoms with Gasteiger partial charge in [0.25, 0.3) is 0 Å². The van der Waals surface area contributed by atoms with E-state index in [1.54, 1.807) is 18.6 Å². The monoisotopic (exact) mass is 284 g/mol. The predicted octanol–water partition coefficient (Wildman–Crippen LogP) is 2.90. The van der Waals surface area contributed by atoms with Gasteiger partial charge in [0.2, 0.25) is 0 Å². The van der Waals surface area contributed by atoms with Gasteiger partial charge in [0.05, 0.1) is 11.9 Å². The first-order valence-electron chi connectivity index (χ1n) is 6.26. The van der Waals surface area contributed by atoms with Crippen molar-refractivity contribution in [1.29, 1.82) is 0 Å². The van der Waals surface area contributed by atoms with E-state index in [-0.39, 0.29) is 6.42 Å². The number of alkyl halides is 3. The highest BCUT2D eigenvalue weighted by Gasteiger charge is 2.25. The normalized spacial score (nSPS) is 11.8. The molecule has 2 aromatic heterocycles. The molecule has 2 N–H and O–H groups in total. The maximum absolute atomic E-state index is 12.0. The zero-order valence-corrected chi connectivity index (χ0v) is 10.7. The number of nitrogens with zero attached hydrogens (tertiary/aromatic N) is 2. The number of rotatable bonds is 6. The van der Waals surface area contributed by atoms with Gasteiger partial charge < -0.3 is 5.32 Å². The summed E-state index contributed by atoms with van der Waals surface area (Å²) in [4.78, 5) is 4.03. The van der Waals surface area contributed by atoms with Crippen LogP contribution in [0.25, 0.3) is 11.3 Å². The molecule has 0 unspecified atom stereocenters. The number of hydrogen-bond donors (Lipinski definition) is 2. The minimum absolute atomic E-state index is 0.0730. The molecule has 4 nitrogen and oxygen atoms in total. The molecular formula is C13H15F3N4. The summed E-state index contributed by atoms with van der Waals surface area (Å²) in [5.41, 5.74) is 2.64. The van der Waals surface area contributed by atoms with Crippen LogP contribution in [0, 0.1) is 0 Å². The van der Waals surface area contributed by atoms with Crippen molar-refractivity contribution in [2.75, 3.05) is 6.54 Å². The van der Waals surface area contributed by atoms with E-state index >= 15 is 0 Å². The molecule has 0 spiro atoms. The van der Waals surface area contributed by atoms with Crippen molar-refractivity contribution in [2.24, 2.45) is 0 Å². The molecule has 0 aliphatic heterocycles. The van der Waals surface area contributed by atoms with Crippen LogP contribution in [0.5, 0.6) is 0 Å². The Balaban J connectivity index is 1.84. The summed E-state index contributed by atoms with van der Waals surface area (Å²) in [7, 11) is 0. The molecule has 0 saturated heterocycles. The number of H-pyrrole nitrogens is 1. The average Bonchev–Trinajstić information content (AvgIpc) is 2.86. The second-order valence-electron chi connectivity index (χ2n) is 4.41. The zero-order chi connectivity index (χ0) is 14.4. The topological polar surface area (TPSA) is 53.6 Å². The molecule has 2 aromatic rings. The Bertz CT molecular complexity index is 522. The van der Waals surface area contributed by atoms with E-state index in [2.05, 4.69) is 20.5 Å². The first-order valence-corrected chi connectivity index (χ1v) is 6.26. The van der Waals surface area contributed by atoms with Crippen molar-refractivity contribution in [2.45, 2.75) is 25.6 Å². The van der Waals surface area contributed by atoms with Gasteiger partial charge in [0, 0.05) is 36.5 Å². The molecule has 0 atom stereocenters. The van der Waals surface area contributed by atoms with E-state index < -0.39 is 12.6 Å². The molecule has 0 aliphatic rings. The molecule has 7 heteroatoms. The van der Waals surface area contributed by atoms with Crippen LogP contribution in [0.2, 0.25) is 0 Å². The average molecular weight is 284 g/mol. The quantitative estimate of drug-likeness (QED) is 0.802. The summed E-state index contributed by atoms with van der Waals surface area (Å²) >= 11 is 0. The SMILES string of the molecule is FC(F)(F)CCCNCc1cn[nH]c1-c1cccnc1. The fourth-order valence-corrected chi connectivity index (χ4v) is 1.84. The van der Waals surface area contributed by atoms with Gasteiger partial charge in [-0.1, -0.05) is 0 Å². The van der Waals surface area contributed by atoms with Gasteiger partial charge in [0.15, 0.2) is 0 Å². The van der Waals surface area contributed by atoms with Crippen LogP contribution >= 0.6 is 0 Å². The Hall–Kier alpha value is -1.89. The fourth-order valence-electron chi connectivity index (χ4n) is 1.84. The molecule has 2 rings (SSSR count). The van der Waals surface area contributed by atoms with E-state index in [4.69, 9.17) is 0 Å². The van der Waals surface area contributed by atoms with Gasteiger partial charge in [-0.2, -0.15) is 18.3 Å². The third-order valence-corrected chi connectivity index (χ3v) is 2.80. The van der Waals surface area contributed by atoms with Crippen LogP contribution in [-0.4, -0.2) is 27.9 Å². The Morgan fingerprint density at radius 1 is 1.25 bits per heavy atom. The summed E-state index contributed by atoms with van der Waals surface area (Å²) < 4.78 is 36.0. The van der Waals surface area contributed by atoms with Gasteiger partial charge in [-0.05, 0) is 25.1 Å². The lowest BCUT2D eigenvalue weighted by Crippen LogP contribution is -2.17. The highest BCUT2D eigenvalue weighted by atomic mass is 19.4. The highest BCUT2D eigenvalue weighted by molar-refractivity contribution is 5.61. The first kappa shape index (κ1) is 14.5. The summed E-state index contributed by atoms with van der Waals surface area (Å²) in [6, 6.07) is 3.71. The van der Waals surface area contributed by atoms with Crippen LogP contribution in [-0.2, 0) is 6.54 Å². The molecule has 108 valence electrons. The van der Waals surface area contributed by atoms with Crippen molar-refractivity contribution in [3.8, 4) is 11.3 Å². The van der Waals surface area contributed by atoms with Crippen LogP contribution < -0.4 is 5.32 Å². The minimum Gasteiger partial charge on any atom is -0.313 e. The van der Waals surface area contributed by atoms with E-state index in [0.29, 0.717) is 13.1 Å². The van der Waals surface area contributed by atoms with Crippen LogP contribution in [0.4, 0.5) is 13.2 Å². The molecule has 0 bridgehead atoms. The molecule has 0 amide bonds. The molecule has 0 saturated carbocycles. The summed E-state index contributed by atoms with van der Waals surface area (Å²) in [6.45, 7) is 0.787. The lowest BCUT2D eigenvalue weighted by molar-refractivity contribution is -0.135. The van der Waals surface area contributed by atoms with E-state index in [1.807, 2.05) is 12.1 Å². The van der Waals surface area contributed by atoms with Crippen molar-refractivity contribution >= 4 is 0 Å². The van der Waals surface area contributed by atoms with E-state index in [1.165, 1.54) is 0 Å². The van der Waals surface area contributed by atoms with Crippen molar-refractivity contribution in [3.63, 3.8) is 0 Å². The van der Waals surface area contributed by atoms with Crippen LogP contribution in [0.1, 0.15) is 18.4 Å². The molecule has 0 aromatic carbocycles. The second kappa shape index (κ2) is 6.51. The summed E-state index contributed by atoms with van der Waals surface area (Å²) in [6.07, 6.45) is 0.275. The molecule has 2 heterocycles. The maximum atomic E-state index is 12.0. The number of aromatic nitrogens is 3. The van der Waals surface area contributed by atoms with Crippen molar-refractivity contribution in [1.82, 2.24) is 20.5 Å². The second-order valence-corrected chi connectivity index (χ2v) is 4.41. The summed E-state index contributed by atoms with van der Waals surface area (Å²) in [5.74, 6) is 0. The molecule has 0 aliphatic carbocycles. The third kappa shape index (κ3) is 4.34. The Morgan fingerprint density at radius 2 is 2.10 bits per heavy atom. The van der Waals surface area contributed by atoms with Crippen LogP contribution in [0.3, 0.4) is 0 Å². The number of pyridine rings is 1. The number of hydrogen-bond acceptors (Lipinski definition) is 3. The van der Waals surface area contributed by atoms with Crippen LogP contribution in [0.15, 0.2) is 30.7 Å². The standard InChI is InChI=1S/C13H15F3N4/c14-13(15,16)4-2-6-18-8-11-9-19-20-12(11)10-3-1-5-17-7-10/h1,3,5,7,9,18H,2,4,6,8H2,(H,19,20). The van der Waals surface area contributed by atoms with E-state index in [9.17, 15) is 13.2 Å². The third-order valence-electron chi connectivity index (χ3n) is 2.80. The molecule has 20 heavy (non-hydrogen) atoms. The van der Waals surface area contributed by atoms with Crippen molar-refractivity contribution < 1.29 is 13.2 Å². The smallest absolute Gasteiger partial charge is 0.313 e. The van der Waals surface area contributed by atoms with Gasteiger partial charge in [-0.3, -0.25) is 10.1 Å². The molecular weight excluding hydrogens is 269 g/mol. The Kier molecular flexibility index (Phi) is 4.73. The van der Waals surface area contributed by atoms with Gasteiger partial charge in [0.1, 0.15) is 0 Å². The van der Waals surface area contributed by atoms with Gasteiger partial charge >= 0.3 is 6.18 Å². The largest absolute Gasteiger partial charge is 0.389 e. The molecule has 0 radical (unpaired) electrons. The minimum atomic E-state index is -4.09. The maximum Gasteiger partial charge on any atom is 0.389 e. The zero-order valence-electron chi connectivity index (χ0n) is 10.7. The van der Waals surface area contributed by atoms with Gasteiger partial charge in [-0.25, -0.2) is 0 Å². The number of halogens is 3. The first-order chi connectivity index (χ1) is 9.56. The van der Waals surface area contributed by atoms with E-state index in [0.717, 1.165) is 16.8 Å². The lowest BCUT2D eigenvalue weighted by atomic mass is 10.1. The predicted molar refractivity (Wildman–Crippen MR) is 68.8 cm³/mol. The number of nitrogens with one attached hydrogen (secondary N) is 2. The molecule has 0 fully saturated rings. The Morgan fingerprint density at radius 3 is 2.80 bits per heavy atom. The van der Waals surface area contributed by atoms with Crippen molar-refractivity contribution in [3.05, 3.63) is 36.3 Å². The van der Waals surface area contributed by atoms with Gasteiger partial charge in [-0.15, -0.1) is 0 Å². The summed E-state index contributed by atoms with van der Waals surface area (Å²) in [5, 5.41) is 9.83. The fraction of sp³-hybridized carbons (Fsp3) is 0.385. The highest BCUT2D eigenvalue weighted by Crippen LogP contribution is 2.21.